The average Bonchev–Trinajstić information content (AvgIpc) is 2.37. The second-order valence-corrected chi connectivity index (χ2v) is 5.56. The van der Waals surface area contributed by atoms with Gasteiger partial charge in [-0.05, 0) is 20.8 Å². The summed E-state index contributed by atoms with van der Waals surface area (Å²) in [6, 6.07) is 0. The zero-order valence-electron chi connectivity index (χ0n) is 12.6. The van der Waals surface area contributed by atoms with Crippen molar-refractivity contribution in [2.24, 2.45) is 0 Å². The van der Waals surface area contributed by atoms with Crippen molar-refractivity contribution in [1.82, 2.24) is 0 Å². The predicted octanol–water partition coefficient (Wildman–Crippen LogP) is 2.15. The summed E-state index contributed by atoms with van der Waals surface area (Å²) in [5.41, 5.74) is -0.335. The molecule has 0 N–H and O–H groups in total. The highest BCUT2D eigenvalue weighted by molar-refractivity contribution is 9.09. The van der Waals surface area contributed by atoms with E-state index in [0.29, 0.717) is 5.33 Å². The van der Waals surface area contributed by atoms with Gasteiger partial charge in [-0.3, -0.25) is 9.59 Å². The standard InChI is InChI=1S/C14H21BrO6/c1-10(2)13(18)20-8-5-11(16)19-7-6-12(17)21-14(3,4)9-15/h1,5-9H2,2-4H3. The van der Waals surface area contributed by atoms with Gasteiger partial charge in [-0.25, -0.2) is 4.79 Å². The van der Waals surface area contributed by atoms with Crippen molar-refractivity contribution < 1.29 is 28.6 Å². The van der Waals surface area contributed by atoms with E-state index in [1.807, 2.05) is 0 Å². The van der Waals surface area contributed by atoms with Crippen LogP contribution < -0.4 is 0 Å². The van der Waals surface area contributed by atoms with Crippen molar-refractivity contribution in [1.29, 1.82) is 0 Å². The minimum Gasteiger partial charge on any atom is -0.465 e. The number of alkyl halides is 1. The van der Waals surface area contributed by atoms with Gasteiger partial charge < -0.3 is 14.2 Å². The van der Waals surface area contributed by atoms with Gasteiger partial charge in [-0.1, -0.05) is 22.5 Å². The van der Waals surface area contributed by atoms with Crippen molar-refractivity contribution in [2.75, 3.05) is 18.5 Å². The monoisotopic (exact) mass is 364 g/mol. The first kappa shape index (κ1) is 19.6. The van der Waals surface area contributed by atoms with E-state index in [4.69, 9.17) is 14.2 Å². The van der Waals surface area contributed by atoms with Gasteiger partial charge in [0.2, 0.25) is 0 Å². The third-order valence-electron chi connectivity index (χ3n) is 2.17. The van der Waals surface area contributed by atoms with E-state index in [9.17, 15) is 14.4 Å². The lowest BCUT2D eigenvalue weighted by molar-refractivity contribution is -0.157. The third-order valence-corrected chi connectivity index (χ3v) is 3.52. The molecular formula is C14H21BrO6. The summed E-state index contributed by atoms with van der Waals surface area (Å²) >= 11 is 3.23. The van der Waals surface area contributed by atoms with Crippen LogP contribution in [0.4, 0.5) is 0 Å². The largest absolute Gasteiger partial charge is 0.465 e. The van der Waals surface area contributed by atoms with Crippen molar-refractivity contribution in [3.8, 4) is 0 Å². The summed E-state index contributed by atoms with van der Waals surface area (Å²) in [6.07, 6.45) is -0.0886. The molecule has 21 heavy (non-hydrogen) atoms. The molecule has 0 heterocycles. The molecule has 0 unspecified atom stereocenters. The smallest absolute Gasteiger partial charge is 0.333 e. The first-order valence-electron chi connectivity index (χ1n) is 6.44. The lowest BCUT2D eigenvalue weighted by atomic mass is 10.2. The highest BCUT2D eigenvalue weighted by atomic mass is 79.9. The van der Waals surface area contributed by atoms with Gasteiger partial charge in [-0.15, -0.1) is 0 Å². The summed E-state index contributed by atoms with van der Waals surface area (Å²) in [7, 11) is 0. The van der Waals surface area contributed by atoms with E-state index in [0.717, 1.165) is 0 Å². The van der Waals surface area contributed by atoms with Crippen LogP contribution in [0.5, 0.6) is 0 Å². The fourth-order valence-corrected chi connectivity index (χ4v) is 1.17. The van der Waals surface area contributed by atoms with Crippen molar-refractivity contribution in [3.63, 3.8) is 0 Å². The molecule has 6 nitrogen and oxygen atoms in total. The topological polar surface area (TPSA) is 78.9 Å². The second kappa shape index (κ2) is 9.55. The van der Waals surface area contributed by atoms with E-state index in [2.05, 4.69) is 22.5 Å². The van der Waals surface area contributed by atoms with Crippen LogP contribution in [0.15, 0.2) is 12.2 Å². The molecule has 0 aromatic rings. The van der Waals surface area contributed by atoms with Gasteiger partial charge in [0.15, 0.2) is 0 Å². The molecule has 0 aliphatic rings. The number of carbonyl (C=O) groups is 3. The molecule has 0 aromatic carbocycles. The van der Waals surface area contributed by atoms with Crippen LogP contribution in [0.2, 0.25) is 0 Å². The molecule has 0 fully saturated rings. The van der Waals surface area contributed by atoms with Gasteiger partial charge in [0.1, 0.15) is 18.8 Å². The lowest BCUT2D eigenvalue weighted by Gasteiger charge is -2.22. The number of ether oxygens (including phenoxy) is 3. The summed E-state index contributed by atoms with van der Waals surface area (Å²) in [5, 5.41) is 0.514. The molecule has 7 heteroatoms. The molecule has 0 aromatic heterocycles. The quantitative estimate of drug-likeness (QED) is 0.270. The first-order valence-corrected chi connectivity index (χ1v) is 7.56. The van der Waals surface area contributed by atoms with Gasteiger partial charge in [-0.2, -0.15) is 0 Å². The molecule has 0 bridgehead atoms. The predicted molar refractivity (Wildman–Crippen MR) is 79.9 cm³/mol. The molecule has 0 atom stereocenters. The van der Waals surface area contributed by atoms with Gasteiger partial charge in [0.25, 0.3) is 0 Å². The molecule has 0 aliphatic heterocycles. The van der Waals surface area contributed by atoms with E-state index in [1.54, 1.807) is 13.8 Å². The number of hydrogen-bond donors (Lipinski definition) is 0. The van der Waals surface area contributed by atoms with Crippen LogP contribution in [0, 0.1) is 0 Å². The number of halogens is 1. The zero-order chi connectivity index (χ0) is 16.5. The molecule has 0 saturated heterocycles. The highest BCUT2D eigenvalue weighted by Gasteiger charge is 2.21. The van der Waals surface area contributed by atoms with Crippen molar-refractivity contribution in [2.45, 2.75) is 39.2 Å². The Hall–Kier alpha value is -1.37. The zero-order valence-corrected chi connectivity index (χ0v) is 14.2. The Labute approximate surface area is 132 Å². The summed E-state index contributed by atoms with van der Waals surface area (Å²) < 4.78 is 14.7. The Balaban J connectivity index is 3.78. The average molecular weight is 365 g/mol. The maximum absolute atomic E-state index is 11.5. The van der Waals surface area contributed by atoms with E-state index >= 15 is 0 Å². The Morgan fingerprint density at radius 1 is 1.05 bits per heavy atom. The van der Waals surface area contributed by atoms with Gasteiger partial charge >= 0.3 is 17.9 Å². The van der Waals surface area contributed by atoms with Gasteiger partial charge in [0.05, 0.1) is 12.8 Å². The SMILES string of the molecule is C=C(C)C(=O)OCCC(=O)OCCC(=O)OC(C)(C)CBr. The molecule has 0 radical (unpaired) electrons. The summed E-state index contributed by atoms with van der Waals surface area (Å²) in [6.45, 7) is 8.32. The second-order valence-electron chi connectivity index (χ2n) is 5.00. The number of esters is 3. The lowest BCUT2D eigenvalue weighted by Crippen LogP contribution is -2.30. The molecule has 0 aliphatic carbocycles. The molecule has 0 amide bonds. The Morgan fingerprint density at radius 2 is 1.57 bits per heavy atom. The van der Waals surface area contributed by atoms with E-state index in [1.165, 1.54) is 6.92 Å². The minimum atomic E-state index is -0.599. The maximum atomic E-state index is 11.5. The van der Waals surface area contributed by atoms with Crippen molar-refractivity contribution in [3.05, 3.63) is 12.2 Å². The fourth-order valence-electron chi connectivity index (χ4n) is 1.06. The molecular weight excluding hydrogens is 344 g/mol. The molecule has 0 rings (SSSR count). The normalized spacial score (nSPS) is 10.7. The van der Waals surface area contributed by atoms with Crippen LogP contribution in [0.25, 0.3) is 0 Å². The fraction of sp³-hybridized carbons (Fsp3) is 0.643. The molecule has 120 valence electrons. The minimum absolute atomic E-state index is 0.0201. The van der Waals surface area contributed by atoms with E-state index in [-0.39, 0.29) is 31.6 Å². The van der Waals surface area contributed by atoms with Crippen LogP contribution in [0.1, 0.15) is 33.6 Å². The Morgan fingerprint density at radius 3 is 2.10 bits per heavy atom. The molecule has 0 saturated carbocycles. The van der Waals surface area contributed by atoms with Crippen LogP contribution in [-0.4, -0.2) is 42.1 Å². The number of carbonyl (C=O) groups excluding carboxylic acids is 3. The highest BCUT2D eigenvalue weighted by Crippen LogP contribution is 2.13. The van der Waals surface area contributed by atoms with Gasteiger partial charge in [0, 0.05) is 10.9 Å². The van der Waals surface area contributed by atoms with Crippen LogP contribution in [0.3, 0.4) is 0 Å². The van der Waals surface area contributed by atoms with Crippen molar-refractivity contribution >= 4 is 33.8 Å². The van der Waals surface area contributed by atoms with E-state index < -0.39 is 23.5 Å². The molecule has 0 spiro atoms. The third kappa shape index (κ3) is 10.1. The summed E-state index contributed by atoms with van der Waals surface area (Å²) in [4.78, 5) is 33.8. The first-order chi connectivity index (χ1) is 9.68. The summed E-state index contributed by atoms with van der Waals surface area (Å²) in [5.74, 6) is -1.54. The maximum Gasteiger partial charge on any atom is 0.333 e. The Bertz CT molecular complexity index is 402. The van der Waals surface area contributed by atoms with Crippen LogP contribution in [-0.2, 0) is 28.6 Å². The number of hydrogen-bond acceptors (Lipinski definition) is 6. The number of rotatable bonds is 9. The Kier molecular flexibility index (Phi) is 8.92. The van der Waals surface area contributed by atoms with Crippen LogP contribution >= 0.6 is 15.9 Å².